The summed E-state index contributed by atoms with van der Waals surface area (Å²) in [6.45, 7) is 8.91. The molecule has 1 aromatic rings. The van der Waals surface area contributed by atoms with E-state index in [4.69, 9.17) is 9.47 Å². The van der Waals surface area contributed by atoms with Gasteiger partial charge in [0.1, 0.15) is 17.6 Å². The Kier molecular flexibility index (Phi) is 7.26. The second-order valence-corrected chi connectivity index (χ2v) is 4.26. The number of hydrogen-bond donors (Lipinski definition) is 1. The van der Waals surface area contributed by atoms with Crippen molar-refractivity contribution in [2.45, 2.75) is 39.7 Å². The van der Waals surface area contributed by atoms with Crippen molar-refractivity contribution in [3.63, 3.8) is 0 Å². The molecule has 0 radical (unpaired) electrons. The highest BCUT2D eigenvalue weighted by atomic mass is 16.5. The highest BCUT2D eigenvalue weighted by Crippen LogP contribution is 2.20. The van der Waals surface area contributed by atoms with Crippen LogP contribution >= 0.6 is 0 Å². The summed E-state index contributed by atoms with van der Waals surface area (Å²) in [6, 6.07) is 7.84. The number of benzene rings is 1. The van der Waals surface area contributed by atoms with Crippen LogP contribution in [0.1, 0.15) is 33.6 Å². The maximum Gasteiger partial charge on any atom is 0.123 e. The molecule has 1 unspecified atom stereocenters. The topological polar surface area (TPSA) is 30.5 Å². The van der Waals surface area contributed by atoms with Gasteiger partial charge < -0.3 is 14.8 Å². The smallest absolute Gasteiger partial charge is 0.123 e. The molecule has 0 aliphatic carbocycles. The van der Waals surface area contributed by atoms with Gasteiger partial charge in [-0.05, 0) is 38.4 Å². The normalized spacial score (nSPS) is 12.2. The van der Waals surface area contributed by atoms with Crippen LogP contribution in [0.2, 0.25) is 0 Å². The molecule has 1 aromatic carbocycles. The van der Waals surface area contributed by atoms with Gasteiger partial charge in [0.25, 0.3) is 0 Å². The van der Waals surface area contributed by atoms with Crippen LogP contribution in [0.4, 0.5) is 0 Å². The summed E-state index contributed by atoms with van der Waals surface area (Å²) < 4.78 is 11.4. The van der Waals surface area contributed by atoms with Crippen molar-refractivity contribution >= 4 is 0 Å². The number of nitrogens with one attached hydrogen (secondary N) is 1. The lowest BCUT2D eigenvalue weighted by atomic mass is 10.2. The van der Waals surface area contributed by atoms with Gasteiger partial charge in [0.2, 0.25) is 0 Å². The van der Waals surface area contributed by atoms with Crippen molar-refractivity contribution in [2.24, 2.45) is 0 Å². The monoisotopic (exact) mass is 251 g/mol. The molecule has 0 fully saturated rings. The van der Waals surface area contributed by atoms with Crippen LogP contribution in [0, 0.1) is 0 Å². The Morgan fingerprint density at radius 1 is 1.17 bits per heavy atom. The highest BCUT2D eigenvalue weighted by molar-refractivity contribution is 5.33. The molecular formula is C15H25NO2. The van der Waals surface area contributed by atoms with Gasteiger partial charge >= 0.3 is 0 Å². The standard InChI is InChI=1S/C15H25NO2/c1-4-10-16-12-13(5-2)18-15-9-7-8-14(11-15)17-6-3/h7-9,11,13,16H,4-6,10,12H2,1-3H3. The third-order valence-corrected chi connectivity index (χ3v) is 2.67. The minimum absolute atomic E-state index is 0.216. The maximum absolute atomic E-state index is 5.95. The fraction of sp³-hybridized carbons (Fsp3) is 0.600. The molecular weight excluding hydrogens is 226 g/mol. The van der Waals surface area contributed by atoms with Crippen molar-refractivity contribution in [2.75, 3.05) is 19.7 Å². The fourth-order valence-corrected chi connectivity index (χ4v) is 1.71. The van der Waals surface area contributed by atoms with Gasteiger partial charge in [-0.1, -0.05) is 19.9 Å². The lowest BCUT2D eigenvalue weighted by Crippen LogP contribution is -2.31. The molecule has 102 valence electrons. The van der Waals surface area contributed by atoms with Crippen LogP contribution in [0.15, 0.2) is 24.3 Å². The lowest BCUT2D eigenvalue weighted by Gasteiger charge is -2.18. The van der Waals surface area contributed by atoms with Crippen LogP contribution < -0.4 is 14.8 Å². The molecule has 1 atom stereocenters. The molecule has 0 amide bonds. The first-order valence-corrected chi connectivity index (χ1v) is 6.90. The van der Waals surface area contributed by atoms with Gasteiger partial charge in [0.05, 0.1) is 6.61 Å². The summed E-state index contributed by atoms with van der Waals surface area (Å²) in [5, 5.41) is 3.39. The zero-order valence-corrected chi connectivity index (χ0v) is 11.7. The van der Waals surface area contributed by atoms with Crippen LogP contribution in [-0.4, -0.2) is 25.8 Å². The van der Waals surface area contributed by atoms with Crippen LogP contribution in [0.5, 0.6) is 11.5 Å². The van der Waals surface area contributed by atoms with Gasteiger partial charge in [0, 0.05) is 12.6 Å². The summed E-state index contributed by atoms with van der Waals surface area (Å²) in [6.07, 6.45) is 2.36. The Morgan fingerprint density at radius 3 is 2.61 bits per heavy atom. The number of rotatable bonds is 9. The van der Waals surface area contributed by atoms with E-state index in [2.05, 4.69) is 19.2 Å². The van der Waals surface area contributed by atoms with Crippen LogP contribution in [0.3, 0.4) is 0 Å². The molecule has 0 heterocycles. The van der Waals surface area contributed by atoms with E-state index in [1.165, 1.54) is 0 Å². The number of ether oxygens (including phenoxy) is 2. The summed E-state index contributed by atoms with van der Waals surface area (Å²) >= 11 is 0. The average Bonchev–Trinajstić information content (AvgIpc) is 2.38. The molecule has 0 aliphatic heterocycles. The molecule has 0 saturated heterocycles. The molecule has 0 aromatic heterocycles. The molecule has 0 saturated carbocycles. The minimum Gasteiger partial charge on any atom is -0.494 e. The number of hydrogen-bond acceptors (Lipinski definition) is 3. The van der Waals surface area contributed by atoms with Crippen molar-refractivity contribution in [3.05, 3.63) is 24.3 Å². The second kappa shape index (κ2) is 8.81. The van der Waals surface area contributed by atoms with E-state index in [0.717, 1.165) is 37.4 Å². The van der Waals surface area contributed by atoms with E-state index < -0.39 is 0 Å². The van der Waals surface area contributed by atoms with E-state index in [0.29, 0.717) is 6.61 Å². The summed E-state index contributed by atoms with van der Waals surface area (Å²) in [5.74, 6) is 1.75. The van der Waals surface area contributed by atoms with Crippen LogP contribution in [-0.2, 0) is 0 Å². The van der Waals surface area contributed by atoms with Gasteiger partial charge in [-0.25, -0.2) is 0 Å². The highest BCUT2D eigenvalue weighted by Gasteiger charge is 2.08. The van der Waals surface area contributed by atoms with Gasteiger partial charge in [-0.3, -0.25) is 0 Å². The zero-order valence-electron chi connectivity index (χ0n) is 11.7. The Hall–Kier alpha value is -1.22. The predicted molar refractivity (Wildman–Crippen MR) is 75.5 cm³/mol. The van der Waals surface area contributed by atoms with E-state index >= 15 is 0 Å². The second-order valence-electron chi connectivity index (χ2n) is 4.26. The van der Waals surface area contributed by atoms with Crippen molar-refractivity contribution < 1.29 is 9.47 Å². The molecule has 0 aliphatic rings. The summed E-state index contributed by atoms with van der Waals surface area (Å²) in [4.78, 5) is 0. The molecule has 1 N–H and O–H groups in total. The SMILES string of the molecule is CCCNCC(CC)Oc1cccc(OCC)c1. The van der Waals surface area contributed by atoms with Gasteiger partial charge in [-0.15, -0.1) is 0 Å². The first kappa shape index (κ1) is 14.8. The molecule has 3 heteroatoms. The quantitative estimate of drug-likeness (QED) is 0.683. The first-order valence-electron chi connectivity index (χ1n) is 6.90. The molecule has 1 rings (SSSR count). The van der Waals surface area contributed by atoms with E-state index in [1.807, 2.05) is 31.2 Å². The fourth-order valence-electron chi connectivity index (χ4n) is 1.71. The zero-order chi connectivity index (χ0) is 13.2. The molecule has 0 spiro atoms. The Labute approximate surface area is 110 Å². The van der Waals surface area contributed by atoms with Crippen molar-refractivity contribution in [1.82, 2.24) is 5.32 Å². The van der Waals surface area contributed by atoms with E-state index in [1.54, 1.807) is 0 Å². The predicted octanol–water partition coefficient (Wildman–Crippen LogP) is 3.24. The summed E-state index contributed by atoms with van der Waals surface area (Å²) in [5.41, 5.74) is 0. The van der Waals surface area contributed by atoms with Gasteiger partial charge in [0.15, 0.2) is 0 Å². The third kappa shape index (κ3) is 5.41. The van der Waals surface area contributed by atoms with Gasteiger partial charge in [-0.2, -0.15) is 0 Å². The van der Waals surface area contributed by atoms with E-state index in [9.17, 15) is 0 Å². The molecule has 18 heavy (non-hydrogen) atoms. The Bertz CT molecular complexity index is 328. The first-order chi connectivity index (χ1) is 8.80. The summed E-state index contributed by atoms with van der Waals surface area (Å²) in [7, 11) is 0. The largest absolute Gasteiger partial charge is 0.494 e. The van der Waals surface area contributed by atoms with Crippen molar-refractivity contribution in [3.8, 4) is 11.5 Å². The Balaban J connectivity index is 2.49. The third-order valence-electron chi connectivity index (χ3n) is 2.67. The molecule has 0 bridgehead atoms. The maximum atomic E-state index is 5.95. The average molecular weight is 251 g/mol. The molecule has 3 nitrogen and oxygen atoms in total. The minimum atomic E-state index is 0.216. The van der Waals surface area contributed by atoms with Crippen molar-refractivity contribution in [1.29, 1.82) is 0 Å². The Morgan fingerprint density at radius 2 is 1.94 bits per heavy atom. The van der Waals surface area contributed by atoms with E-state index in [-0.39, 0.29) is 6.10 Å². The lowest BCUT2D eigenvalue weighted by molar-refractivity contribution is 0.192. The van der Waals surface area contributed by atoms with Crippen LogP contribution in [0.25, 0.3) is 0 Å².